The van der Waals surface area contributed by atoms with Crippen molar-refractivity contribution < 1.29 is 5.11 Å². The molecule has 0 amide bonds. The summed E-state index contributed by atoms with van der Waals surface area (Å²) in [6.07, 6.45) is 2.52. The number of likely N-dealkylation sites (tertiary alicyclic amines) is 1. The van der Waals surface area contributed by atoms with Gasteiger partial charge in [-0.15, -0.1) is 0 Å². The molecule has 2 heterocycles. The van der Waals surface area contributed by atoms with Gasteiger partial charge in [0, 0.05) is 17.6 Å². The fourth-order valence-electron chi connectivity index (χ4n) is 3.37. The van der Waals surface area contributed by atoms with Crippen molar-refractivity contribution in [2.24, 2.45) is 0 Å². The van der Waals surface area contributed by atoms with Gasteiger partial charge in [0.25, 0.3) is 0 Å². The van der Waals surface area contributed by atoms with Gasteiger partial charge in [0.05, 0.1) is 17.6 Å². The molecule has 1 N–H and O–H groups in total. The molecule has 0 unspecified atom stereocenters. The second kappa shape index (κ2) is 6.46. The van der Waals surface area contributed by atoms with Crippen molar-refractivity contribution in [3.05, 3.63) is 58.9 Å². The van der Waals surface area contributed by atoms with E-state index in [9.17, 15) is 5.11 Å². The van der Waals surface area contributed by atoms with E-state index in [-0.39, 0.29) is 5.75 Å². The zero-order valence-corrected chi connectivity index (χ0v) is 14.2. The minimum atomic E-state index is 0.271. The summed E-state index contributed by atoms with van der Waals surface area (Å²) in [7, 11) is 0. The number of aromatic hydroxyl groups is 1. The first-order chi connectivity index (χ1) is 11.7. The Morgan fingerprint density at radius 3 is 2.50 bits per heavy atom. The van der Waals surface area contributed by atoms with Crippen LogP contribution in [0.3, 0.4) is 0 Å². The van der Waals surface area contributed by atoms with Gasteiger partial charge in [0.15, 0.2) is 0 Å². The lowest BCUT2D eigenvalue weighted by atomic mass is 10.2. The van der Waals surface area contributed by atoms with E-state index in [0.717, 1.165) is 48.1 Å². The number of rotatable bonds is 4. The molecule has 0 spiro atoms. The number of benzene rings is 2. The molecule has 3 aromatic rings. The third kappa shape index (κ3) is 3.12. The van der Waals surface area contributed by atoms with E-state index in [4.69, 9.17) is 16.6 Å². The summed E-state index contributed by atoms with van der Waals surface area (Å²) in [5.74, 6) is 1.32. The zero-order valence-electron chi connectivity index (χ0n) is 13.5. The Morgan fingerprint density at radius 1 is 1.00 bits per heavy atom. The van der Waals surface area contributed by atoms with Gasteiger partial charge in [-0.25, -0.2) is 4.98 Å². The first kappa shape index (κ1) is 15.5. The average Bonchev–Trinajstić information content (AvgIpc) is 3.19. The van der Waals surface area contributed by atoms with Crippen LogP contribution >= 0.6 is 11.6 Å². The Morgan fingerprint density at radius 2 is 1.75 bits per heavy atom. The minimum absolute atomic E-state index is 0.271. The highest BCUT2D eigenvalue weighted by atomic mass is 35.5. The minimum Gasteiger partial charge on any atom is -0.508 e. The summed E-state index contributed by atoms with van der Waals surface area (Å²) in [5, 5.41) is 10.6. The first-order valence-electron chi connectivity index (χ1n) is 8.34. The Labute approximate surface area is 146 Å². The van der Waals surface area contributed by atoms with Crippen molar-refractivity contribution in [2.75, 3.05) is 13.1 Å². The van der Waals surface area contributed by atoms with E-state index in [1.165, 1.54) is 18.4 Å². The van der Waals surface area contributed by atoms with E-state index in [2.05, 4.69) is 9.47 Å². The van der Waals surface area contributed by atoms with Crippen LogP contribution in [0.4, 0.5) is 0 Å². The fraction of sp³-hybridized carbons (Fsp3) is 0.316. The molecule has 1 aromatic heterocycles. The molecular formula is C19H20ClN3O. The molecule has 4 rings (SSSR count). The maximum Gasteiger partial charge on any atom is 0.124 e. The second-order valence-electron chi connectivity index (χ2n) is 6.40. The Bertz CT molecular complexity index is 851. The molecule has 1 fully saturated rings. The monoisotopic (exact) mass is 341 g/mol. The standard InChI is InChI=1S/C19H20ClN3O/c20-15-5-3-14(4-6-15)12-23-18-11-16(24)7-8-17(18)21-19(23)13-22-9-1-2-10-22/h3-8,11,24H,1-2,9-10,12-13H2. The number of hydrogen-bond acceptors (Lipinski definition) is 3. The smallest absolute Gasteiger partial charge is 0.124 e. The number of halogens is 1. The van der Waals surface area contributed by atoms with Crippen molar-refractivity contribution in [1.82, 2.24) is 14.5 Å². The molecule has 1 aliphatic heterocycles. The average molecular weight is 342 g/mol. The first-order valence-corrected chi connectivity index (χ1v) is 8.72. The maximum absolute atomic E-state index is 9.88. The van der Waals surface area contributed by atoms with Crippen LogP contribution in [-0.2, 0) is 13.1 Å². The lowest BCUT2D eigenvalue weighted by molar-refractivity contribution is 0.318. The molecule has 0 atom stereocenters. The van der Waals surface area contributed by atoms with Crippen molar-refractivity contribution in [3.63, 3.8) is 0 Å². The summed E-state index contributed by atoms with van der Waals surface area (Å²) in [6, 6.07) is 13.3. The van der Waals surface area contributed by atoms with Crippen LogP contribution in [0.2, 0.25) is 5.02 Å². The Balaban J connectivity index is 1.74. The van der Waals surface area contributed by atoms with Crippen molar-refractivity contribution in [2.45, 2.75) is 25.9 Å². The predicted octanol–water partition coefficient (Wildman–Crippen LogP) is 4.04. The Kier molecular flexibility index (Phi) is 4.17. The topological polar surface area (TPSA) is 41.3 Å². The largest absolute Gasteiger partial charge is 0.508 e. The van der Waals surface area contributed by atoms with Crippen LogP contribution in [0.15, 0.2) is 42.5 Å². The second-order valence-corrected chi connectivity index (χ2v) is 6.83. The van der Waals surface area contributed by atoms with Gasteiger partial charge in [0.1, 0.15) is 11.6 Å². The molecule has 5 heteroatoms. The van der Waals surface area contributed by atoms with E-state index >= 15 is 0 Å². The van der Waals surface area contributed by atoms with Crippen molar-refractivity contribution in [3.8, 4) is 5.75 Å². The van der Waals surface area contributed by atoms with Gasteiger partial charge in [-0.05, 0) is 55.8 Å². The van der Waals surface area contributed by atoms with Crippen LogP contribution < -0.4 is 0 Å². The van der Waals surface area contributed by atoms with E-state index < -0.39 is 0 Å². The van der Waals surface area contributed by atoms with Gasteiger partial charge in [-0.1, -0.05) is 23.7 Å². The fourth-order valence-corrected chi connectivity index (χ4v) is 3.50. The Hall–Kier alpha value is -2.04. The van der Waals surface area contributed by atoms with E-state index in [0.29, 0.717) is 0 Å². The molecule has 0 radical (unpaired) electrons. The molecule has 0 bridgehead atoms. The van der Waals surface area contributed by atoms with Crippen LogP contribution in [0, 0.1) is 0 Å². The summed E-state index contributed by atoms with van der Waals surface area (Å²) >= 11 is 6.00. The highest BCUT2D eigenvalue weighted by molar-refractivity contribution is 6.30. The lowest BCUT2D eigenvalue weighted by Crippen LogP contribution is -2.21. The van der Waals surface area contributed by atoms with Crippen LogP contribution in [0.5, 0.6) is 5.75 Å². The van der Waals surface area contributed by atoms with Gasteiger partial charge in [0.2, 0.25) is 0 Å². The van der Waals surface area contributed by atoms with E-state index in [1.54, 1.807) is 12.1 Å². The number of fused-ring (bicyclic) bond motifs is 1. The van der Waals surface area contributed by atoms with Crippen molar-refractivity contribution >= 4 is 22.6 Å². The van der Waals surface area contributed by atoms with Crippen molar-refractivity contribution in [1.29, 1.82) is 0 Å². The SMILES string of the molecule is Oc1ccc2nc(CN3CCCC3)n(Cc3ccc(Cl)cc3)c2c1. The number of hydrogen-bond donors (Lipinski definition) is 1. The van der Waals surface area contributed by atoms with Crippen LogP contribution in [-0.4, -0.2) is 32.6 Å². The molecule has 124 valence electrons. The molecule has 4 nitrogen and oxygen atoms in total. The summed E-state index contributed by atoms with van der Waals surface area (Å²) in [4.78, 5) is 7.26. The molecule has 24 heavy (non-hydrogen) atoms. The zero-order chi connectivity index (χ0) is 16.5. The van der Waals surface area contributed by atoms with Gasteiger partial charge in [-0.2, -0.15) is 0 Å². The number of imidazole rings is 1. The summed E-state index contributed by atoms with van der Waals surface area (Å²) in [5.41, 5.74) is 3.07. The number of nitrogens with zero attached hydrogens (tertiary/aromatic N) is 3. The predicted molar refractivity (Wildman–Crippen MR) is 96.5 cm³/mol. The van der Waals surface area contributed by atoms with Crippen LogP contribution in [0.25, 0.3) is 11.0 Å². The molecular weight excluding hydrogens is 322 g/mol. The maximum atomic E-state index is 9.88. The molecule has 1 aliphatic rings. The molecule has 0 saturated carbocycles. The number of aromatic nitrogens is 2. The third-order valence-electron chi connectivity index (χ3n) is 4.63. The molecule has 2 aromatic carbocycles. The summed E-state index contributed by atoms with van der Waals surface area (Å²) in [6.45, 7) is 3.84. The number of phenolic OH excluding ortho intramolecular Hbond substituents is 1. The quantitative estimate of drug-likeness (QED) is 0.778. The van der Waals surface area contributed by atoms with E-state index in [1.807, 2.05) is 30.3 Å². The van der Waals surface area contributed by atoms with Gasteiger partial charge < -0.3 is 9.67 Å². The van der Waals surface area contributed by atoms with Crippen LogP contribution in [0.1, 0.15) is 24.2 Å². The highest BCUT2D eigenvalue weighted by Gasteiger charge is 2.17. The lowest BCUT2D eigenvalue weighted by Gasteiger charge is -2.16. The molecule has 1 saturated heterocycles. The highest BCUT2D eigenvalue weighted by Crippen LogP contribution is 2.24. The normalized spacial score (nSPS) is 15.4. The molecule has 0 aliphatic carbocycles. The summed E-state index contributed by atoms with van der Waals surface area (Å²) < 4.78 is 2.20. The van der Waals surface area contributed by atoms with Gasteiger partial charge in [-0.3, -0.25) is 4.90 Å². The third-order valence-corrected chi connectivity index (χ3v) is 4.88. The van der Waals surface area contributed by atoms with Gasteiger partial charge >= 0.3 is 0 Å². The number of phenols is 1.